The molecule has 4 nitrogen and oxygen atoms in total. The van der Waals surface area contributed by atoms with E-state index in [9.17, 15) is 14.0 Å². The molecule has 118 valence electrons. The van der Waals surface area contributed by atoms with E-state index in [0.717, 1.165) is 18.4 Å². The van der Waals surface area contributed by atoms with E-state index in [2.05, 4.69) is 0 Å². The average Bonchev–Trinajstić information content (AvgIpc) is 2.99. The number of likely N-dealkylation sites (tertiary alicyclic amines) is 2. The van der Waals surface area contributed by atoms with Crippen molar-refractivity contribution in [2.45, 2.75) is 31.7 Å². The molecule has 0 aromatic heterocycles. The lowest BCUT2D eigenvalue weighted by molar-refractivity contribution is -0.145. The summed E-state index contributed by atoms with van der Waals surface area (Å²) < 4.78 is 13.4. The predicted octanol–water partition coefficient (Wildman–Crippen LogP) is 2.36. The maximum Gasteiger partial charge on any atom is 0.226 e. The summed E-state index contributed by atoms with van der Waals surface area (Å²) in [5, 5.41) is 0. The maximum atomic E-state index is 13.4. The second kappa shape index (κ2) is 6.07. The minimum Gasteiger partial charge on any atom is -0.346 e. The van der Waals surface area contributed by atoms with Crippen LogP contribution in [0.15, 0.2) is 24.3 Å². The van der Waals surface area contributed by atoms with Gasteiger partial charge in [-0.15, -0.1) is 0 Å². The molecule has 2 amide bonds. The molecule has 2 aliphatic rings. The van der Waals surface area contributed by atoms with Gasteiger partial charge in [-0.25, -0.2) is 4.39 Å². The molecule has 0 aliphatic carbocycles. The first-order valence-electron chi connectivity index (χ1n) is 7.86. The SMILES string of the molecule is CN1CC[C@@H](C(=O)N2CCC[C@H]2c2cccc(F)c2)CC1=O. The minimum absolute atomic E-state index is 0.0334. The fourth-order valence-electron chi connectivity index (χ4n) is 3.48. The van der Waals surface area contributed by atoms with Crippen molar-refractivity contribution in [1.29, 1.82) is 0 Å². The van der Waals surface area contributed by atoms with E-state index < -0.39 is 0 Å². The molecule has 2 fully saturated rings. The first-order chi connectivity index (χ1) is 10.6. The number of amides is 2. The van der Waals surface area contributed by atoms with Gasteiger partial charge in [0.2, 0.25) is 11.8 Å². The van der Waals surface area contributed by atoms with Crippen molar-refractivity contribution in [2.75, 3.05) is 20.1 Å². The van der Waals surface area contributed by atoms with Crippen molar-refractivity contribution < 1.29 is 14.0 Å². The Bertz CT molecular complexity index is 590. The van der Waals surface area contributed by atoms with Crippen LogP contribution in [0.5, 0.6) is 0 Å². The fourth-order valence-corrected chi connectivity index (χ4v) is 3.48. The van der Waals surface area contributed by atoms with E-state index in [1.165, 1.54) is 12.1 Å². The van der Waals surface area contributed by atoms with Gasteiger partial charge in [-0.2, -0.15) is 0 Å². The van der Waals surface area contributed by atoms with Gasteiger partial charge in [-0.1, -0.05) is 12.1 Å². The summed E-state index contributed by atoms with van der Waals surface area (Å²) in [7, 11) is 1.77. The van der Waals surface area contributed by atoms with Crippen LogP contribution in [0, 0.1) is 11.7 Å². The highest BCUT2D eigenvalue weighted by molar-refractivity contribution is 5.87. The molecular formula is C17H21FN2O2. The molecule has 1 aromatic carbocycles. The summed E-state index contributed by atoms with van der Waals surface area (Å²) in [5.74, 6) is -0.413. The Morgan fingerprint density at radius 2 is 2.09 bits per heavy atom. The van der Waals surface area contributed by atoms with Crippen LogP contribution in [0.1, 0.15) is 37.3 Å². The van der Waals surface area contributed by atoms with E-state index in [1.807, 2.05) is 11.0 Å². The van der Waals surface area contributed by atoms with Gasteiger partial charge in [0.05, 0.1) is 6.04 Å². The molecule has 0 radical (unpaired) electrons. The molecular weight excluding hydrogens is 283 g/mol. The van der Waals surface area contributed by atoms with E-state index in [1.54, 1.807) is 18.0 Å². The van der Waals surface area contributed by atoms with E-state index in [0.29, 0.717) is 25.9 Å². The number of hydrogen-bond acceptors (Lipinski definition) is 2. The number of nitrogens with zero attached hydrogens (tertiary/aromatic N) is 2. The Balaban J connectivity index is 1.75. The largest absolute Gasteiger partial charge is 0.346 e. The third kappa shape index (κ3) is 2.85. The summed E-state index contributed by atoms with van der Waals surface area (Å²) in [6, 6.07) is 6.43. The van der Waals surface area contributed by atoms with E-state index in [4.69, 9.17) is 0 Å². The number of carbonyl (C=O) groups excluding carboxylic acids is 2. The van der Waals surface area contributed by atoms with Crippen LogP contribution >= 0.6 is 0 Å². The molecule has 2 aliphatic heterocycles. The number of halogens is 1. The zero-order chi connectivity index (χ0) is 15.7. The monoisotopic (exact) mass is 304 g/mol. The highest BCUT2D eigenvalue weighted by atomic mass is 19.1. The average molecular weight is 304 g/mol. The number of rotatable bonds is 2. The van der Waals surface area contributed by atoms with Crippen LogP contribution in [-0.2, 0) is 9.59 Å². The van der Waals surface area contributed by atoms with Crippen molar-refractivity contribution in [3.63, 3.8) is 0 Å². The lowest BCUT2D eigenvalue weighted by Gasteiger charge is -2.33. The van der Waals surface area contributed by atoms with Gasteiger partial charge < -0.3 is 9.80 Å². The van der Waals surface area contributed by atoms with Crippen LogP contribution in [-0.4, -0.2) is 41.8 Å². The molecule has 0 bridgehead atoms. The summed E-state index contributed by atoms with van der Waals surface area (Å²) >= 11 is 0. The second-order valence-corrected chi connectivity index (χ2v) is 6.25. The fraction of sp³-hybridized carbons (Fsp3) is 0.529. The molecule has 0 saturated carbocycles. The molecule has 2 heterocycles. The quantitative estimate of drug-likeness (QED) is 0.841. The third-order valence-electron chi connectivity index (χ3n) is 4.78. The summed E-state index contributed by atoms with van der Waals surface area (Å²) in [5.41, 5.74) is 0.852. The third-order valence-corrected chi connectivity index (χ3v) is 4.78. The lowest BCUT2D eigenvalue weighted by Crippen LogP contribution is -2.43. The molecule has 0 N–H and O–H groups in total. The minimum atomic E-state index is -0.272. The number of hydrogen-bond donors (Lipinski definition) is 0. The normalized spacial score (nSPS) is 25.6. The van der Waals surface area contributed by atoms with Crippen molar-refractivity contribution in [3.8, 4) is 0 Å². The van der Waals surface area contributed by atoms with Gasteiger partial charge in [0.15, 0.2) is 0 Å². The van der Waals surface area contributed by atoms with Crippen LogP contribution < -0.4 is 0 Å². The van der Waals surface area contributed by atoms with Crippen molar-refractivity contribution in [3.05, 3.63) is 35.6 Å². The summed E-state index contributed by atoms with van der Waals surface area (Å²) in [6.45, 7) is 1.33. The second-order valence-electron chi connectivity index (χ2n) is 6.25. The van der Waals surface area contributed by atoms with Gasteiger partial charge in [0.25, 0.3) is 0 Å². The summed E-state index contributed by atoms with van der Waals surface area (Å²) in [4.78, 5) is 28.1. The van der Waals surface area contributed by atoms with Gasteiger partial charge >= 0.3 is 0 Å². The Labute approximate surface area is 129 Å². The maximum absolute atomic E-state index is 13.4. The zero-order valence-corrected chi connectivity index (χ0v) is 12.8. The predicted molar refractivity (Wildman–Crippen MR) is 80.4 cm³/mol. The van der Waals surface area contributed by atoms with Gasteiger partial charge in [-0.05, 0) is 37.0 Å². The van der Waals surface area contributed by atoms with Crippen LogP contribution in [0.3, 0.4) is 0 Å². The molecule has 0 unspecified atom stereocenters. The Morgan fingerprint density at radius 1 is 1.27 bits per heavy atom. The first-order valence-corrected chi connectivity index (χ1v) is 7.86. The molecule has 0 spiro atoms. The van der Waals surface area contributed by atoms with Gasteiger partial charge in [0.1, 0.15) is 5.82 Å². The highest BCUT2D eigenvalue weighted by Gasteiger charge is 2.36. The van der Waals surface area contributed by atoms with Gasteiger partial charge in [-0.3, -0.25) is 9.59 Å². The molecule has 22 heavy (non-hydrogen) atoms. The van der Waals surface area contributed by atoms with Crippen LogP contribution in [0.2, 0.25) is 0 Å². The van der Waals surface area contributed by atoms with E-state index >= 15 is 0 Å². The molecule has 3 rings (SSSR count). The summed E-state index contributed by atoms with van der Waals surface area (Å²) in [6.07, 6.45) is 2.79. The first kappa shape index (κ1) is 15.0. The Morgan fingerprint density at radius 3 is 2.82 bits per heavy atom. The lowest BCUT2D eigenvalue weighted by atomic mass is 9.94. The standard InChI is InChI=1S/C17H21FN2O2/c1-19-9-7-13(11-16(19)21)17(22)20-8-3-6-15(20)12-4-2-5-14(18)10-12/h2,4-5,10,13,15H,3,6-9,11H2,1H3/t13-,15+/m1/s1. The molecule has 2 atom stereocenters. The van der Waals surface area contributed by atoms with Crippen molar-refractivity contribution in [1.82, 2.24) is 9.80 Å². The number of piperidine rings is 1. The Hall–Kier alpha value is -1.91. The van der Waals surface area contributed by atoms with Crippen LogP contribution in [0.4, 0.5) is 4.39 Å². The zero-order valence-electron chi connectivity index (χ0n) is 12.8. The van der Waals surface area contributed by atoms with Crippen molar-refractivity contribution in [2.24, 2.45) is 5.92 Å². The van der Waals surface area contributed by atoms with Gasteiger partial charge in [0, 0.05) is 32.5 Å². The van der Waals surface area contributed by atoms with Crippen molar-refractivity contribution >= 4 is 11.8 Å². The van der Waals surface area contributed by atoms with Crippen LogP contribution in [0.25, 0.3) is 0 Å². The smallest absolute Gasteiger partial charge is 0.226 e. The molecule has 1 aromatic rings. The molecule has 5 heteroatoms. The number of benzene rings is 1. The topological polar surface area (TPSA) is 40.6 Å². The number of carbonyl (C=O) groups is 2. The highest BCUT2D eigenvalue weighted by Crippen LogP contribution is 2.34. The molecule has 2 saturated heterocycles. The van der Waals surface area contributed by atoms with E-state index in [-0.39, 0.29) is 29.6 Å². The Kier molecular flexibility index (Phi) is 4.14.